The number of anilines is 1. The van der Waals surface area contributed by atoms with Gasteiger partial charge in [0, 0.05) is 11.7 Å². The van der Waals surface area contributed by atoms with Crippen LogP contribution in [0.15, 0.2) is 18.2 Å². The SMILES string of the molecule is N#Cc1ccc(NC(CC(=O)O)C2CC2)cc1Cl. The molecule has 0 heterocycles. The molecule has 0 radical (unpaired) electrons. The summed E-state index contributed by atoms with van der Waals surface area (Å²) in [6, 6.07) is 6.98. The van der Waals surface area contributed by atoms with Gasteiger partial charge in [-0.25, -0.2) is 0 Å². The summed E-state index contributed by atoms with van der Waals surface area (Å²) in [4.78, 5) is 10.8. The van der Waals surface area contributed by atoms with Crippen LogP contribution in [-0.4, -0.2) is 17.1 Å². The highest BCUT2D eigenvalue weighted by atomic mass is 35.5. The molecule has 2 N–H and O–H groups in total. The van der Waals surface area contributed by atoms with E-state index in [1.807, 2.05) is 6.07 Å². The number of nitriles is 1. The molecule has 1 atom stereocenters. The first-order valence-corrected chi connectivity index (χ1v) is 6.16. The van der Waals surface area contributed by atoms with E-state index in [1.165, 1.54) is 0 Å². The summed E-state index contributed by atoms with van der Waals surface area (Å²) in [5.41, 5.74) is 1.18. The molecule has 1 fully saturated rings. The van der Waals surface area contributed by atoms with Gasteiger partial charge in [0.05, 0.1) is 17.0 Å². The maximum absolute atomic E-state index is 10.8. The summed E-state index contributed by atoms with van der Waals surface area (Å²) in [7, 11) is 0. The Bertz CT molecular complexity index is 506. The predicted molar refractivity (Wildman–Crippen MR) is 68.6 cm³/mol. The fourth-order valence-electron chi connectivity index (χ4n) is 1.93. The highest BCUT2D eigenvalue weighted by Gasteiger charge is 2.32. The zero-order valence-electron chi connectivity index (χ0n) is 9.69. The molecule has 4 nitrogen and oxygen atoms in total. The van der Waals surface area contributed by atoms with E-state index in [9.17, 15) is 4.79 Å². The van der Waals surface area contributed by atoms with Gasteiger partial charge in [0.1, 0.15) is 6.07 Å². The van der Waals surface area contributed by atoms with Crippen molar-refractivity contribution in [2.24, 2.45) is 5.92 Å². The van der Waals surface area contributed by atoms with Gasteiger partial charge in [0.25, 0.3) is 0 Å². The number of nitrogens with zero attached hydrogens (tertiary/aromatic N) is 1. The van der Waals surface area contributed by atoms with E-state index in [0.717, 1.165) is 18.5 Å². The Hall–Kier alpha value is -1.73. The van der Waals surface area contributed by atoms with Gasteiger partial charge in [-0.05, 0) is 37.0 Å². The molecule has 94 valence electrons. The van der Waals surface area contributed by atoms with Crippen molar-refractivity contribution in [1.82, 2.24) is 0 Å². The standard InChI is InChI=1S/C13H13ClN2O2/c14-11-5-10(4-3-9(11)7-15)16-12(6-13(17)18)8-1-2-8/h3-5,8,12,16H,1-2,6H2,(H,17,18). The minimum Gasteiger partial charge on any atom is -0.481 e. The number of hydrogen-bond acceptors (Lipinski definition) is 3. The third-order valence-corrected chi connectivity index (χ3v) is 3.34. The van der Waals surface area contributed by atoms with Crippen molar-refractivity contribution in [2.45, 2.75) is 25.3 Å². The summed E-state index contributed by atoms with van der Waals surface area (Å²) in [6.45, 7) is 0. The monoisotopic (exact) mass is 264 g/mol. The fraction of sp³-hybridized carbons (Fsp3) is 0.385. The zero-order chi connectivity index (χ0) is 13.1. The minimum absolute atomic E-state index is 0.0634. The second kappa shape index (κ2) is 5.28. The van der Waals surface area contributed by atoms with Gasteiger partial charge in [0.15, 0.2) is 0 Å². The van der Waals surface area contributed by atoms with Crippen LogP contribution in [0, 0.1) is 17.2 Å². The van der Waals surface area contributed by atoms with Crippen molar-refractivity contribution in [2.75, 3.05) is 5.32 Å². The average Bonchev–Trinajstić information content (AvgIpc) is 3.11. The molecule has 1 unspecified atom stereocenters. The average molecular weight is 265 g/mol. The Labute approximate surface area is 110 Å². The molecule has 1 aliphatic carbocycles. The molecule has 1 aromatic carbocycles. The zero-order valence-corrected chi connectivity index (χ0v) is 10.4. The van der Waals surface area contributed by atoms with Gasteiger partial charge in [0.2, 0.25) is 0 Å². The van der Waals surface area contributed by atoms with Crippen LogP contribution in [0.2, 0.25) is 5.02 Å². The van der Waals surface area contributed by atoms with E-state index in [4.69, 9.17) is 22.0 Å². The van der Waals surface area contributed by atoms with E-state index >= 15 is 0 Å². The van der Waals surface area contributed by atoms with E-state index < -0.39 is 5.97 Å². The second-order valence-electron chi connectivity index (χ2n) is 4.49. The Balaban J connectivity index is 2.09. The van der Waals surface area contributed by atoms with Crippen molar-refractivity contribution >= 4 is 23.3 Å². The van der Waals surface area contributed by atoms with Crippen molar-refractivity contribution in [3.05, 3.63) is 28.8 Å². The highest BCUT2D eigenvalue weighted by Crippen LogP contribution is 2.36. The van der Waals surface area contributed by atoms with Crippen LogP contribution < -0.4 is 5.32 Å². The number of hydrogen-bond donors (Lipinski definition) is 2. The molecule has 0 aliphatic heterocycles. The van der Waals surface area contributed by atoms with E-state index in [-0.39, 0.29) is 12.5 Å². The topological polar surface area (TPSA) is 73.1 Å². The molecule has 1 aromatic rings. The van der Waals surface area contributed by atoms with Gasteiger partial charge in [-0.1, -0.05) is 11.6 Å². The minimum atomic E-state index is -0.806. The number of carbonyl (C=O) groups is 1. The van der Waals surface area contributed by atoms with Crippen LogP contribution in [0.4, 0.5) is 5.69 Å². The number of aliphatic carboxylic acids is 1. The molecule has 5 heteroatoms. The third kappa shape index (κ3) is 3.14. The summed E-state index contributed by atoms with van der Waals surface area (Å²) in [5, 5.41) is 21.2. The van der Waals surface area contributed by atoms with E-state index in [0.29, 0.717) is 16.5 Å². The molecule has 1 aliphatic rings. The number of halogens is 1. The first kappa shape index (κ1) is 12.7. The van der Waals surface area contributed by atoms with Crippen molar-refractivity contribution in [3.63, 3.8) is 0 Å². The number of rotatable bonds is 5. The van der Waals surface area contributed by atoms with Crippen molar-refractivity contribution in [1.29, 1.82) is 5.26 Å². The Morgan fingerprint density at radius 2 is 2.33 bits per heavy atom. The molecule has 18 heavy (non-hydrogen) atoms. The molecule has 2 rings (SSSR count). The van der Waals surface area contributed by atoms with E-state index in [1.54, 1.807) is 18.2 Å². The molecule has 0 spiro atoms. The highest BCUT2D eigenvalue weighted by molar-refractivity contribution is 6.32. The number of carboxylic acid groups (broad SMARTS) is 1. The lowest BCUT2D eigenvalue weighted by Crippen LogP contribution is -2.25. The smallest absolute Gasteiger partial charge is 0.305 e. The molecule has 0 saturated heterocycles. The predicted octanol–water partition coefficient (Wildman–Crippen LogP) is 2.88. The van der Waals surface area contributed by atoms with Crippen LogP contribution in [0.5, 0.6) is 0 Å². The molecule has 0 amide bonds. The number of nitrogens with one attached hydrogen (secondary N) is 1. The largest absolute Gasteiger partial charge is 0.481 e. The van der Waals surface area contributed by atoms with Crippen LogP contribution in [0.25, 0.3) is 0 Å². The van der Waals surface area contributed by atoms with Gasteiger partial charge in [-0.15, -0.1) is 0 Å². The van der Waals surface area contributed by atoms with Gasteiger partial charge >= 0.3 is 5.97 Å². The van der Waals surface area contributed by atoms with E-state index in [2.05, 4.69) is 5.32 Å². The first-order chi connectivity index (χ1) is 8.60. The number of carboxylic acids is 1. The van der Waals surface area contributed by atoms with Gasteiger partial charge in [-0.2, -0.15) is 5.26 Å². The lowest BCUT2D eigenvalue weighted by Gasteiger charge is -2.17. The first-order valence-electron chi connectivity index (χ1n) is 5.78. The molecule has 1 saturated carbocycles. The molecule has 0 bridgehead atoms. The molecule has 0 aromatic heterocycles. The summed E-state index contributed by atoms with van der Waals surface area (Å²) >= 11 is 5.94. The second-order valence-corrected chi connectivity index (χ2v) is 4.90. The Kier molecular flexibility index (Phi) is 3.73. The number of benzene rings is 1. The summed E-state index contributed by atoms with van der Waals surface area (Å²) in [6.07, 6.45) is 2.23. The maximum Gasteiger partial charge on any atom is 0.305 e. The summed E-state index contributed by atoms with van der Waals surface area (Å²) in [5.74, 6) is -0.380. The Morgan fingerprint density at radius 3 is 2.83 bits per heavy atom. The third-order valence-electron chi connectivity index (χ3n) is 3.03. The Morgan fingerprint density at radius 1 is 1.61 bits per heavy atom. The lowest BCUT2D eigenvalue weighted by atomic mass is 10.1. The summed E-state index contributed by atoms with van der Waals surface area (Å²) < 4.78 is 0. The maximum atomic E-state index is 10.8. The van der Waals surface area contributed by atoms with Crippen LogP contribution >= 0.6 is 11.6 Å². The molecular weight excluding hydrogens is 252 g/mol. The fourth-order valence-corrected chi connectivity index (χ4v) is 2.15. The van der Waals surface area contributed by atoms with Crippen LogP contribution in [0.3, 0.4) is 0 Å². The van der Waals surface area contributed by atoms with Gasteiger partial charge in [-0.3, -0.25) is 4.79 Å². The van der Waals surface area contributed by atoms with Crippen LogP contribution in [0.1, 0.15) is 24.8 Å². The molecular formula is C13H13ClN2O2. The normalized spacial score (nSPS) is 15.8. The quantitative estimate of drug-likeness (QED) is 0.858. The lowest BCUT2D eigenvalue weighted by molar-refractivity contribution is -0.137. The van der Waals surface area contributed by atoms with Gasteiger partial charge < -0.3 is 10.4 Å². The van der Waals surface area contributed by atoms with Crippen molar-refractivity contribution < 1.29 is 9.90 Å². The van der Waals surface area contributed by atoms with Crippen molar-refractivity contribution in [3.8, 4) is 6.07 Å². The van der Waals surface area contributed by atoms with Crippen LogP contribution in [-0.2, 0) is 4.79 Å².